The molecule has 0 N–H and O–H groups in total. The fourth-order valence-electron chi connectivity index (χ4n) is 1.84. The van der Waals surface area contributed by atoms with Crippen molar-refractivity contribution in [2.45, 2.75) is 37.1 Å². The maximum absolute atomic E-state index is 13.8. The van der Waals surface area contributed by atoms with Crippen LogP contribution in [0.2, 0.25) is 5.02 Å². The van der Waals surface area contributed by atoms with Crippen LogP contribution in [0, 0.1) is 5.82 Å². The number of hydrogen-bond acceptors (Lipinski definition) is 3. The van der Waals surface area contributed by atoms with Crippen molar-refractivity contribution in [3.05, 3.63) is 56.7 Å². The van der Waals surface area contributed by atoms with E-state index < -0.39 is 0 Å². The minimum absolute atomic E-state index is 0.123. The Labute approximate surface area is 138 Å². The topological polar surface area (TPSA) is 34.9 Å². The summed E-state index contributed by atoms with van der Waals surface area (Å²) in [4.78, 5) is 16.6. The van der Waals surface area contributed by atoms with Crippen LogP contribution in [-0.4, -0.2) is 9.55 Å². The molecule has 3 nitrogen and oxygen atoms in total. The smallest absolute Gasteiger partial charge is 0.254 e. The molecule has 0 radical (unpaired) electrons. The minimum atomic E-state index is -0.350. The fraction of sp³-hybridized carbons (Fsp3) is 0.375. The lowest BCUT2D eigenvalue weighted by molar-refractivity contribution is 0.542. The Morgan fingerprint density at radius 3 is 2.64 bits per heavy atom. The van der Waals surface area contributed by atoms with Crippen LogP contribution >= 0.6 is 23.4 Å². The van der Waals surface area contributed by atoms with Gasteiger partial charge in [-0.2, -0.15) is 0 Å². The quantitative estimate of drug-likeness (QED) is 0.621. The summed E-state index contributed by atoms with van der Waals surface area (Å²) in [6, 6.07) is 6.14. The zero-order valence-electron chi connectivity index (χ0n) is 13.0. The molecule has 6 heteroatoms. The summed E-state index contributed by atoms with van der Waals surface area (Å²) in [6.07, 6.45) is 0. The first-order valence-corrected chi connectivity index (χ1v) is 8.21. The zero-order chi connectivity index (χ0) is 16.5. The van der Waals surface area contributed by atoms with Crippen molar-refractivity contribution in [3.8, 4) is 0 Å². The molecule has 1 aromatic carbocycles. The van der Waals surface area contributed by atoms with Crippen LogP contribution in [0.5, 0.6) is 0 Å². The molecule has 1 heterocycles. The molecule has 0 amide bonds. The summed E-state index contributed by atoms with van der Waals surface area (Å²) < 4.78 is 15.3. The van der Waals surface area contributed by atoms with Crippen LogP contribution in [0.4, 0.5) is 4.39 Å². The van der Waals surface area contributed by atoms with E-state index in [1.807, 2.05) is 20.8 Å². The van der Waals surface area contributed by atoms with E-state index >= 15 is 0 Å². The van der Waals surface area contributed by atoms with E-state index in [0.29, 0.717) is 21.5 Å². The van der Waals surface area contributed by atoms with Gasteiger partial charge in [-0.1, -0.05) is 50.2 Å². The van der Waals surface area contributed by atoms with Crippen LogP contribution in [0.25, 0.3) is 0 Å². The average molecular weight is 341 g/mol. The number of benzene rings is 1. The molecule has 0 aliphatic carbocycles. The first kappa shape index (κ1) is 17.0. The Balaban J connectivity index is 2.34. The fourth-order valence-corrected chi connectivity index (χ4v) is 3.16. The second-order valence-corrected chi connectivity index (χ2v) is 7.41. The second-order valence-electron chi connectivity index (χ2n) is 6.06. The van der Waals surface area contributed by atoms with E-state index in [9.17, 15) is 9.18 Å². The van der Waals surface area contributed by atoms with Crippen molar-refractivity contribution >= 4 is 23.4 Å². The van der Waals surface area contributed by atoms with Gasteiger partial charge >= 0.3 is 0 Å². The van der Waals surface area contributed by atoms with E-state index in [1.54, 1.807) is 25.2 Å². The Morgan fingerprint density at radius 1 is 1.36 bits per heavy atom. The van der Waals surface area contributed by atoms with Gasteiger partial charge in [0.2, 0.25) is 0 Å². The van der Waals surface area contributed by atoms with Crippen molar-refractivity contribution in [2.24, 2.45) is 7.05 Å². The van der Waals surface area contributed by atoms with Gasteiger partial charge in [0.05, 0.1) is 5.69 Å². The Bertz CT molecular complexity index is 733. The molecule has 2 aromatic rings. The maximum Gasteiger partial charge on any atom is 0.254 e. The number of halogens is 2. The molecule has 0 fully saturated rings. The molecule has 0 spiro atoms. The monoisotopic (exact) mass is 340 g/mol. The normalized spacial score (nSPS) is 11.7. The SMILES string of the molecule is Cn1c(SCc2c(F)cccc2Cl)nc(C(C)(C)C)cc1=O. The van der Waals surface area contributed by atoms with Gasteiger partial charge in [0, 0.05) is 34.9 Å². The molecule has 0 saturated carbocycles. The summed E-state index contributed by atoms with van der Waals surface area (Å²) in [5.41, 5.74) is 0.794. The van der Waals surface area contributed by atoms with Gasteiger partial charge < -0.3 is 0 Å². The first-order chi connectivity index (χ1) is 10.2. The molecule has 1 aromatic heterocycles. The molecule has 0 aliphatic heterocycles. The molecule has 2 rings (SSSR count). The Morgan fingerprint density at radius 2 is 2.05 bits per heavy atom. The number of aromatic nitrogens is 2. The first-order valence-electron chi connectivity index (χ1n) is 6.84. The maximum atomic E-state index is 13.8. The van der Waals surface area contributed by atoms with Gasteiger partial charge in [-0.05, 0) is 12.1 Å². The third-order valence-electron chi connectivity index (χ3n) is 3.27. The summed E-state index contributed by atoms with van der Waals surface area (Å²) in [5.74, 6) is -0.0312. The van der Waals surface area contributed by atoms with Crippen LogP contribution in [0.1, 0.15) is 32.0 Å². The third-order valence-corrected chi connectivity index (χ3v) is 4.68. The molecule has 0 bridgehead atoms. The molecular formula is C16H18ClFN2OS. The van der Waals surface area contributed by atoms with Gasteiger partial charge in [0.25, 0.3) is 5.56 Å². The Kier molecular flexibility index (Phi) is 4.97. The standard InChI is InChI=1S/C16H18ClFN2OS/c1-16(2,3)13-8-14(21)20(4)15(19-13)22-9-10-11(17)6-5-7-12(10)18/h5-8H,9H2,1-4H3. The van der Waals surface area contributed by atoms with Gasteiger partial charge in [0.15, 0.2) is 5.16 Å². The highest BCUT2D eigenvalue weighted by atomic mass is 35.5. The van der Waals surface area contributed by atoms with Gasteiger partial charge in [-0.25, -0.2) is 9.37 Å². The van der Waals surface area contributed by atoms with Gasteiger partial charge in [-0.3, -0.25) is 9.36 Å². The van der Waals surface area contributed by atoms with E-state index in [4.69, 9.17) is 11.6 Å². The number of hydrogen-bond donors (Lipinski definition) is 0. The minimum Gasteiger partial charge on any atom is -0.291 e. The van der Waals surface area contributed by atoms with Crippen LogP contribution < -0.4 is 5.56 Å². The molecule has 0 unspecified atom stereocenters. The summed E-state index contributed by atoms with van der Waals surface area (Å²) in [5, 5.41) is 0.932. The lowest BCUT2D eigenvalue weighted by Gasteiger charge is -2.19. The lowest BCUT2D eigenvalue weighted by atomic mass is 9.92. The van der Waals surface area contributed by atoms with E-state index in [2.05, 4.69) is 4.98 Å². The molecule has 22 heavy (non-hydrogen) atoms. The average Bonchev–Trinajstić information content (AvgIpc) is 2.41. The van der Waals surface area contributed by atoms with E-state index in [0.717, 1.165) is 5.69 Å². The Hall–Kier alpha value is -1.33. The van der Waals surface area contributed by atoms with Crippen molar-refractivity contribution in [2.75, 3.05) is 0 Å². The highest BCUT2D eigenvalue weighted by Crippen LogP contribution is 2.28. The van der Waals surface area contributed by atoms with Crippen molar-refractivity contribution in [1.82, 2.24) is 9.55 Å². The lowest BCUT2D eigenvalue weighted by Crippen LogP contribution is -2.25. The number of nitrogens with zero attached hydrogens (tertiary/aromatic N) is 2. The highest BCUT2D eigenvalue weighted by molar-refractivity contribution is 7.98. The molecular weight excluding hydrogens is 323 g/mol. The van der Waals surface area contributed by atoms with Crippen LogP contribution in [0.15, 0.2) is 34.2 Å². The largest absolute Gasteiger partial charge is 0.291 e. The summed E-state index contributed by atoms with van der Waals surface area (Å²) in [7, 11) is 1.66. The summed E-state index contributed by atoms with van der Waals surface area (Å²) in [6.45, 7) is 5.99. The number of thioether (sulfide) groups is 1. The predicted molar refractivity (Wildman–Crippen MR) is 89.1 cm³/mol. The van der Waals surface area contributed by atoms with E-state index in [1.165, 1.54) is 22.4 Å². The number of rotatable bonds is 3. The highest BCUT2D eigenvalue weighted by Gasteiger charge is 2.19. The van der Waals surface area contributed by atoms with Gasteiger partial charge in [0.1, 0.15) is 5.82 Å². The van der Waals surface area contributed by atoms with Crippen molar-refractivity contribution in [3.63, 3.8) is 0 Å². The predicted octanol–water partition coefficient (Wildman–Crippen LogP) is 4.16. The second kappa shape index (κ2) is 6.42. The third kappa shape index (κ3) is 3.70. The molecule has 0 atom stereocenters. The summed E-state index contributed by atoms with van der Waals surface area (Å²) >= 11 is 7.33. The van der Waals surface area contributed by atoms with Gasteiger partial charge in [-0.15, -0.1) is 0 Å². The van der Waals surface area contributed by atoms with Crippen LogP contribution in [0.3, 0.4) is 0 Å². The zero-order valence-corrected chi connectivity index (χ0v) is 14.6. The molecule has 0 aliphatic rings. The molecule has 0 saturated heterocycles. The van der Waals surface area contributed by atoms with E-state index in [-0.39, 0.29) is 16.8 Å². The van der Waals surface area contributed by atoms with Crippen molar-refractivity contribution in [1.29, 1.82) is 0 Å². The van der Waals surface area contributed by atoms with Crippen molar-refractivity contribution < 1.29 is 4.39 Å². The molecule has 118 valence electrons. The van der Waals surface area contributed by atoms with Crippen LogP contribution in [-0.2, 0) is 18.2 Å².